The molecule has 1 amide bonds. The molecule has 2 N–H and O–H groups in total. The topological polar surface area (TPSA) is 97.6 Å². The largest absolute Gasteiger partial charge is 0.467 e. The maximum Gasteiger partial charge on any atom is 0.240 e. The third-order valence-electron chi connectivity index (χ3n) is 4.00. The first-order valence-electron chi connectivity index (χ1n) is 9.06. The van der Waals surface area contributed by atoms with Crippen LogP contribution in [0.3, 0.4) is 0 Å². The highest BCUT2D eigenvalue weighted by Crippen LogP contribution is 2.13. The maximum absolute atomic E-state index is 12.1. The maximum atomic E-state index is 12.1. The van der Waals surface area contributed by atoms with E-state index in [0.717, 1.165) is 11.3 Å². The molecule has 0 radical (unpaired) electrons. The van der Waals surface area contributed by atoms with Crippen LogP contribution < -0.4 is 10.0 Å². The van der Waals surface area contributed by atoms with E-state index >= 15 is 0 Å². The zero-order chi connectivity index (χ0) is 20.5. The number of ether oxygens (including phenoxy) is 1. The van der Waals surface area contributed by atoms with Gasteiger partial charge in [-0.2, -0.15) is 0 Å². The van der Waals surface area contributed by atoms with Gasteiger partial charge in [0, 0.05) is 18.7 Å². The van der Waals surface area contributed by atoms with Gasteiger partial charge in [0.15, 0.2) is 0 Å². The summed E-state index contributed by atoms with van der Waals surface area (Å²) in [4.78, 5) is 12.3. The zero-order valence-electron chi connectivity index (χ0n) is 15.7. The molecule has 1 aromatic heterocycles. The van der Waals surface area contributed by atoms with E-state index in [4.69, 9.17) is 9.15 Å². The lowest BCUT2D eigenvalue weighted by Crippen LogP contribution is -2.27. The van der Waals surface area contributed by atoms with Crippen LogP contribution in [0.2, 0.25) is 0 Å². The predicted molar refractivity (Wildman–Crippen MR) is 109 cm³/mol. The number of carbonyl (C=O) groups excluding carboxylic acids is 1. The van der Waals surface area contributed by atoms with Crippen molar-refractivity contribution in [1.82, 2.24) is 4.72 Å². The van der Waals surface area contributed by atoms with E-state index in [2.05, 4.69) is 10.0 Å². The van der Waals surface area contributed by atoms with Gasteiger partial charge in [0.05, 0.1) is 17.8 Å². The van der Waals surface area contributed by atoms with Crippen molar-refractivity contribution in [3.63, 3.8) is 0 Å². The average molecular weight is 414 g/mol. The van der Waals surface area contributed by atoms with Gasteiger partial charge in [0.25, 0.3) is 0 Å². The Morgan fingerprint density at radius 1 is 0.966 bits per heavy atom. The van der Waals surface area contributed by atoms with E-state index in [1.807, 2.05) is 24.3 Å². The summed E-state index contributed by atoms with van der Waals surface area (Å²) < 4.78 is 37.5. The van der Waals surface area contributed by atoms with Crippen molar-refractivity contribution < 1.29 is 22.4 Å². The molecule has 0 saturated carbocycles. The molecule has 0 aliphatic heterocycles. The first-order valence-corrected chi connectivity index (χ1v) is 10.5. The van der Waals surface area contributed by atoms with Crippen LogP contribution in [0.1, 0.15) is 17.7 Å². The minimum absolute atomic E-state index is 0.00894. The first kappa shape index (κ1) is 20.8. The second kappa shape index (κ2) is 10.0. The smallest absolute Gasteiger partial charge is 0.240 e. The van der Waals surface area contributed by atoms with Crippen LogP contribution in [-0.2, 0) is 32.8 Å². The molecule has 1 heterocycles. The molecule has 0 bridgehead atoms. The number of rotatable bonds is 10. The summed E-state index contributed by atoms with van der Waals surface area (Å²) in [7, 11) is -3.62. The summed E-state index contributed by atoms with van der Waals surface area (Å²) in [5.74, 6) is 0.460. The average Bonchev–Trinajstić information content (AvgIpc) is 3.22. The van der Waals surface area contributed by atoms with Crippen molar-refractivity contribution in [2.45, 2.75) is 24.5 Å². The number of benzene rings is 2. The lowest BCUT2D eigenvalue weighted by molar-refractivity contribution is -0.116. The van der Waals surface area contributed by atoms with E-state index in [9.17, 15) is 13.2 Å². The summed E-state index contributed by atoms with van der Waals surface area (Å²) in [6.45, 7) is 0.751. The molecule has 152 valence electrons. The molecule has 0 saturated heterocycles. The van der Waals surface area contributed by atoms with Crippen LogP contribution in [-0.4, -0.2) is 20.9 Å². The lowest BCUT2D eigenvalue weighted by atomic mass is 10.2. The number of nitrogens with one attached hydrogen (secondary N) is 2. The fourth-order valence-corrected chi connectivity index (χ4v) is 3.66. The molecule has 0 spiro atoms. The second-order valence-electron chi connectivity index (χ2n) is 6.28. The predicted octanol–water partition coefficient (Wildman–Crippen LogP) is 3.30. The monoisotopic (exact) mass is 414 g/mol. The van der Waals surface area contributed by atoms with Gasteiger partial charge in [-0.1, -0.05) is 30.3 Å². The van der Waals surface area contributed by atoms with Crippen LogP contribution in [0.5, 0.6) is 0 Å². The Bertz CT molecular complexity index is 1020. The molecule has 7 nitrogen and oxygen atoms in total. The van der Waals surface area contributed by atoms with Crippen LogP contribution in [0.4, 0.5) is 5.69 Å². The number of sulfonamides is 1. The Balaban J connectivity index is 1.44. The van der Waals surface area contributed by atoms with Gasteiger partial charge in [-0.05, 0) is 42.0 Å². The quantitative estimate of drug-likeness (QED) is 0.530. The molecule has 0 aliphatic carbocycles. The number of anilines is 1. The number of hydrogen-bond donors (Lipinski definition) is 2. The zero-order valence-corrected chi connectivity index (χ0v) is 16.5. The molecule has 0 fully saturated rings. The highest BCUT2D eigenvalue weighted by Gasteiger charge is 2.13. The highest BCUT2D eigenvalue weighted by atomic mass is 32.2. The van der Waals surface area contributed by atoms with Crippen molar-refractivity contribution in [2.24, 2.45) is 0 Å². The van der Waals surface area contributed by atoms with Gasteiger partial charge >= 0.3 is 0 Å². The molecule has 0 aliphatic rings. The van der Waals surface area contributed by atoms with Crippen molar-refractivity contribution in [1.29, 1.82) is 0 Å². The van der Waals surface area contributed by atoms with Crippen molar-refractivity contribution in [3.8, 4) is 0 Å². The molecule has 3 rings (SSSR count). The first-order chi connectivity index (χ1) is 14.0. The van der Waals surface area contributed by atoms with Crippen LogP contribution >= 0.6 is 0 Å². The van der Waals surface area contributed by atoms with Gasteiger partial charge in [0.2, 0.25) is 15.9 Å². The van der Waals surface area contributed by atoms with Gasteiger partial charge in [0.1, 0.15) is 12.4 Å². The Morgan fingerprint density at radius 2 is 1.79 bits per heavy atom. The second-order valence-corrected chi connectivity index (χ2v) is 8.05. The summed E-state index contributed by atoms with van der Waals surface area (Å²) in [5.41, 5.74) is 1.53. The fraction of sp³-hybridized carbons (Fsp3) is 0.190. The number of furan rings is 1. The van der Waals surface area contributed by atoms with E-state index < -0.39 is 10.0 Å². The number of amides is 1. The fourth-order valence-electron chi connectivity index (χ4n) is 2.61. The normalized spacial score (nSPS) is 11.3. The Kier molecular flexibility index (Phi) is 7.18. The van der Waals surface area contributed by atoms with E-state index in [-0.39, 0.29) is 23.8 Å². The van der Waals surface area contributed by atoms with E-state index in [0.29, 0.717) is 18.9 Å². The molecular weight excluding hydrogens is 392 g/mol. The molecule has 2 aromatic carbocycles. The molecule has 0 atom stereocenters. The van der Waals surface area contributed by atoms with Crippen molar-refractivity contribution in [3.05, 3.63) is 84.3 Å². The van der Waals surface area contributed by atoms with Gasteiger partial charge < -0.3 is 14.5 Å². The van der Waals surface area contributed by atoms with Gasteiger partial charge in [-0.15, -0.1) is 0 Å². The standard InChI is InChI=1S/C21H22N2O5S/c24-21(11-12-22-29(25,26)20-9-2-1-3-10-20)23-18-7-4-6-17(14-18)15-27-16-19-8-5-13-28-19/h1-10,13-14,22H,11-12,15-16H2,(H,23,24). The van der Waals surface area contributed by atoms with E-state index in [1.54, 1.807) is 36.6 Å². The van der Waals surface area contributed by atoms with Crippen LogP contribution in [0.25, 0.3) is 0 Å². The molecule has 8 heteroatoms. The minimum atomic E-state index is -3.62. The molecule has 0 unspecified atom stereocenters. The van der Waals surface area contributed by atoms with Crippen molar-refractivity contribution in [2.75, 3.05) is 11.9 Å². The molecule has 3 aromatic rings. The lowest BCUT2D eigenvalue weighted by Gasteiger charge is -2.09. The molecule has 29 heavy (non-hydrogen) atoms. The van der Waals surface area contributed by atoms with Gasteiger partial charge in [-0.3, -0.25) is 4.79 Å². The summed E-state index contributed by atoms with van der Waals surface area (Å²) in [5, 5.41) is 2.76. The van der Waals surface area contributed by atoms with Crippen LogP contribution in [0, 0.1) is 0 Å². The van der Waals surface area contributed by atoms with Crippen LogP contribution in [0.15, 0.2) is 82.3 Å². The van der Waals surface area contributed by atoms with Gasteiger partial charge in [-0.25, -0.2) is 13.1 Å². The Hall–Kier alpha value is -2.94. The van der Waals surface area contributed by atoms with Crippen molar-refractivity contribution >= 4 is 21.6 Å². The Morgan fingerprint density at radius 3 is 2.55 bits per heavy atom. The Labute approximate surface area is 169 Å². The molecular formula is C21H22N2O5S. The summed E-state index contributed by atoms with van der Waals surface area (Å²) in [6.07, 6.45) is 1.61. The summed E-state index contributed by atoms with van der Waals surface area (Å²) >= 11 is 0. The third kappa shape index (κ3) is 6.56. The van der Waals surface area contributed by atoms with E-state index in [1.165, 1.54) is 12.1 Å². The minimum Gasteiger partial charge on any atom is -0.467 e. The number of hydrogen-bond acceptors (Lipinski definition) is 5. The highest BCUT2D eigenvalue weighted by molar-refractivity contribution is 7.89. The number of carbonyl (C=O) groups is 1. The third-order valence-corrected chi connectivity index (χ3v) is 5.48. The SMILES string of the molecule is O=C(CCNS(=O)(=O)c1ccccc1)Nc1cccc(COCc2ccco2)c1. The summed E-state index contributed by atoms with van der Waals surface area (Å²) in [6, 6.07) is 19.0.